The van der Waals surface area contributed by atoms with E-state index in [0.717, 1.165) is 6.42 Å². The Labute approximate surface area is 176 Å². The molecule has 0 spiro atoms. The summed E-state index contributed by atoms with van der Waals surface area (Å²) in [6, 6.07) is 33.4. The molecule has 0 aliphatic carbocycles. The summed E-state index contributed by atoms with van der Waals surface area (Å²) in [7, 11) is -0.504. The van der Waals surface area contributed by atoms with Crippen LogP contribution < -0.4 is 0 Å². The normalized spacial score (nSPS) is 11.6. The summed E-state index contributed by atoms with van der Waals surface area (Å²) in [5.74, 6) is 0. The van der Waals surface area contributed by atoms with Gasteiger partial charge in [-0.3, -0.25) is 0 Å². The van der Waals surface area contributed by atoms with Gasteiger partial charge in [-0.2, -0.15) is 0 Å². The van der Waals surface area contributed by atoms with Crippen molar-refractivity contribution in [1.82, 2.24) is 0 Å². The molecule has 0 aliphatic rings. The maximum atomic E-state index is 2.34. The van der Waals surface area contributed by atoms with E-state index in [0.29, 0.717) is 0 Å². The van der Waals surface area contributed by atoms with Crippen LogP contribution in [0.25, 0.3) is 27.3 Å². The summed E-state index contributed by atoms with van der Waals surface area (Å²) in [6.07, 6.45) is 4.71. The van der Waals surface area contributed by atoms with Gasteiger partial charge in [-0.1, -0.05) is 125 Å². The minimum Gasteiger partial charge on any atom is -0.0811 e. The Balaban J connectivity index is 2.13. The van der Waals surface area contributed by atoms with Crippen molar-refractivity contribution in [3.05, 3.63) is 102 Å². The molecule has 0 saturated carbocycles. The Bertz CT molecular complexity index is 977. The predicted octanol–water partition coefficient (Wildman–Crippen LogP) is 8.90. The summed E-state index contributed by atoms with van der Waals surface area (Å²) < 4.78 is 0. The standard InChI is InChI=1S/C28H29P/c1-3-14-25-26(15-4-2)29(24-20-12-7-13-21-24)28(23-18-10-6-11-19-23)27(25)22-16-8-5-9-17-22/h5-13,16-21H,3-4,14-15H2,1-2H3. The first-order valence-electron chi connectivity index (χ1n) is 10.8. The van der Waals surface area contributed by atoms with Crippen LogP contribution in [0.4, 0.5) is 0 Å². The molecule has 29 heavy (non-hydrogen) atoms. The van der Waals surface area contributed by atoms with Gasteiger partial charge in [0.15, 0.2) is 0 Å². The van der Waals surface area contributed by atoms with Crippen LogP contribution in [0.5, 0.6) is 0 Å². The van der Waals surface area contributed by atoms with E-state index in [1.54, 1.807) is 16.2 Å². The lowest BCUT2D eigenvalue weighted by molar-refractivity contribution is 0.880. The maximum absolute atomic E-state index is 2.34. The van der Waals surface area contributed by atoms with E-state index in [1.807, 2.05) is 0 Å². The van der Waals surface area contributed by atoms with E-state index in [9.17, 15) is 0 Å². The third-order valence-corrected chi connectivity index (χ3v) is 8.27. The zero-order chi connectivity index (χ0) is 20.1. The highest BCUT2D eigenvalue weighted by atomic mass is 31.1. The molecule has 0 bridgehead atoms. The molecule has 0 radical (unpaired) electrons. The first kappa shape index (κ1) is 19.7. The van der Waals surface area contributed by atoms with Gasteiger partial charge in [0.2, 0.25) is 0 Å². The highest BCUT2D eigenvalue weighted by molar-refractivity contribution is 7.61. The lowest BCUT2D eigenvalue weighted by Gasteiger charge is -2.12. The van der Waals surface area contributed by atoms with E-state index in [1.165, 1.54) is 41.3 Å². The van der Waals surface area contributed by atoms with Gasteiger partial charge in [0.25, 0.3) is 0 Å². The van der Waals surface area contributed by atoms with Crippen LogP contribution in [0.3, 0.4) is 0 Å². The smallest absolute Gasteiger partial charge is 0.0140 e. The highest BCUT2D eigenvalue weighted by Crippen LogP contribution is 2.60. The molecule has 4 rings (SSSR count). The van der Waals surface area contributed by atoms with Gasteiger partial charge >= 0.3 is 0 Å². The van der Waals surface area contributed by atoms with E-state index in [-0.39, 0.29) is 0 Å². The molecule has 0 N–H and O–H groups in total. The van der Waals surface area contributed by atoms with Crippen LogP contribution in [0, 0.1) is 0 Å². The Morgan fingerprint density at radius 2 is 1.10 bits per heavy atom. The molecule has 0 amide bonds. The van der Waals surface area contributed by atoms with Crippen LogP contribution >= 0.6 is 7.53 Å². The molecular formula is C28H29P. The second-order valence-corrected chi connectivity index (χ2v) is 9.73. The summed E-state index contributed by atoms with van der Waals surface area (Å²) in [4.78, 5) is 0. The summed E-state index contributed by atoms with van der Waals surface area (Å²) in [6.45, 7) is 4.63. The molecule has 0 saturated heterocycles. The van der Waals surface area contributed by atoms with Gasteiger partial charge < -0.3 is 0 Å². The van der Waals surface area contributed by atoms with Crippen LogP contribution in [-0.4, -0.2) is 0 Å². The van der Waals surface area contributed by atoms with E-state index in [2.05, 4.69) is 105 Å². The summed E-state index contributed by atoms with van der Waals surface area (Å²) >= 11 is 0. The van der Waals surface area contributed by atoms with Crippen molar-refractivity contribution in [2.24, 2.45) is 0 Å². The first-order valence-corrected chi connectivity index (χ1v) is 12.1. The zero-order valence-electron chi connectivity index (χ0n) is 17.4. The average Bonchev–Trinajstić information content (AvgIpc) is 3.10. The van der Waals surface area contributed by atoms with Gasteiger partial charge in [0.1, 0.15) is 0 Å². The number of rotatable bonds is 7. The highest BCUT2D eigenvalue weighted by Gasteiger charge is 2.25. The van der Waals surface area contributed by atoms with Crippen molar-refractivity contribution in [3.8, 4) is 27.3 Å². The average molecular weight is 397 g/mol. The number of hydrogen-bond donors (Lipinski definition) is 0. The fourth-order valence-corrected chi connectivity index (χ4v) is 7.48. The first-order chi connectivity index (χ1) is 14.3. The Hall–Kier alpha value is -2.56. The molecule has 3 aromatic carbocycles. The largest absolute Gasteiger partial charge is 0.0811 e. The van der Waals surface area contributed by atoms with Crippen molar-refractivity contribution in [1.29, 1.82) is 0 Å². The molecule has 0 fully saturated rings. The van der Waals surface area contributed by atoms with E-state index in [4.69, 9.17) is 0 Å². The quantitative estimate of drug-likeness (QED) is 0.292. The van der Waals surface area contributed by atoms with Crippen LogP contribution in [0.15, 0.2) is 91.0 Å². The Kier molecular flexibility index (Phi) is 6.33. The fraction of sp³-hybridized carbons (Fsp3) is 0.214. The molecule has 4 aromatic rings. The number of hydrogen-bond acceptors (Lipinski definition) is 0. The molecule has 0 aliphatic heterocycles. The van der Waals surface area contributed by atoms with Gasteiger partial charge in [0.05, 0.1) is 0 Å². The minimum atomic E-state index is -0.504. The van der Waals surface area contributed by atoms with Gasteiger partial charge in [-0.05, 0) is 45.7 Å². The van der Waals surface area contributed by atoms with Crippen molar-refractivity contribution in [2.75, 3.05) is 0 Å². The molecule has 1 aromatic heterocycles. The van der Waals surface area contributed by atoms with E-state index < -0.39 is 7.53 Å². The molecule has 1 heterocycles. The van der Waals surface area contributed by atoms with Crippen molar-refractivity contribution in [2.45, 2.75) is 39.5 Å². The maximum Gasteiger partial charge on any atom is 0.0140 e. The van der Waals surface area contributed by atoms with Crippen molar-refractivity contribution < 1.29 is 0 Å². The Morgan fingerprint density at radius 1 is 0.586 bits per heavy atom. The summed E-state index contributed by atoms with van der Waals surface area (Å²) in [5, 5.41) is 4.71. The molecule has 0 nitrogen and oxygen atoms in total. The molecule has 1 unspecified atom stereocenters. The zero-order valence-corrected chi connectivity index (χ0v) is 18.3. The second kappa shape index (κ2) is 9.29. The minimum absolute atomic E-state index is 0.504. The second-order valence-electron chi connectivity index (χ2n) is 7.55. The van der Waals surface area contributed by atoms with E-state index >= 15 is 0 Å². The van der Waals surface area contributed by atoms with Gasteiger partial charge in [-0.25, -0.2) is 0 Å². The third kappa shape index (κ3) is 3.96. The predicted molar refractivity (Wildman–Crippen MR) is 129 cm³/mol. The lowest BCUT2D eigenvalue weighted by atomic mass is 9.94. The Morgan fingerprint density at radius 3 is 1.66 bits per heavy atom. The van der Waals surface area contributed by atoms with Gasteiger partial charge in [-0.15, -0.1) is 0 Å². The van der Waals surface area contributed by atoms with Crippen molar-refractivity contribution >= 4 is 7.53 Å². The molecule has 146 valence electrons. The molecule has 1 atom stereocenters. The van der Waals surface area contributed by atoms with Crippen LogP contribution in [0.2, 0.25) is 0 Å². The van der Waals surface area contributed by atoms with Gasteiger partial charge in [0, 0.05) is 5.30 Å². The topological polar surface area (TPSA) is 0 Å². The SMILES string of the molecule is CCCc1c(-c2ccccc2)c(-c2ccccc2)p(-c2ccccc2)c1CCC. The monoisotopic (exact) mass is 396 g/mol. The lowest BCUT2D eigenvalue weighted by Crippen LogP contribution is -1.92. The number of benzene rings is 3. The molecule has 1 heteroatoms. The molecular weight excluding hydrogens is 367 g/mol. The third-order valence-electron chi connectivity index (χ3n) is 5.49. The van der Waals surface area contributed by atoms with Crippen molar-refractivity contribution in [3.63, 3.8) is 0 Å². The summed E-state index contributed by atoms with van der Waals surface area (Å²) in [5.41, 5.74) is 5.84. The van der Waals surface area contributed by atoms with Crippen LogP contribution in [0.1, 0.15) is 37.5 Å². The fourth-order valence-electron chi connectivity index (χ4n) is 4.33. The van der Waals surface area contributed by atoms with Crippen LogP contribution in [-0.2, 0) is 12.8 Å².